The van der Waals surface area contributed by atoms with Gasteiger partial charge in [-0.2, -0.15) is 0 Å². The number of hydrogen-bond donors (Lipinski definition) is 0. The fourth-order valence-corrected chi connectivity index (χ4v) is 3.87. The van der Waals surface area contributed by atoms with E-state index in [4.69, 9.17) is 9.72 Å². The molecular weight excluding hydrogens is 344 g/mol. The number of ether oxygens (including phenoxy) is 1. The van der Waals surface area contributed by atoms with Crippen molar-refractivity contribution in [2.45, 2.75) is 32.2 Å². The van der Waals surface area contributed by atoms with Crippen molar-refractivity contribution in [3.05, 3.63) is 36.3 Å². The molecule has 8 heteroatoms. The van der Waals surface area contributed by atoms with Crippen LogP contribution in [0, 0.1) is 0 Å². The van der Waals surface area contributed by atoms with E-state index in [9.17, 15) is 4.79 Å². The number of likely N-dealkylation sites (tertiary alicyclic amines) is 1. The van der Waals surface area contributed by atoms with Crippen molar-refractivity contribution < 1.29 is 9.53 Å². The number of carbonyl (C=O) groups is 1. The van der Waals surface area contributed by atoms with Crippen molar-refractivity contribution >= 4 is 5.91 Å². The highest BCUT2D eigenvalue weighted by Gasteiger charge is 2.32. The first kappa shape index (κ1) is 18.1. The van der Waals surface area contributed by atoms with Crippen molar-refractivity contribution in [3.8, 4) is 5.82 Å². The minimum atomic E-state index is -0.000381. The largest absolute Gasteiger partial charge is 0.379 e. The number of aryl methyl sites for hydroxylation is 1. The lowest BCUT2D eigenvalue weighted by Gasteiger charge is -2.30. The van der Waals surface area contributed by atoms with Crippen LogP contribution in [0.5, 0.6) is 0 Å². The lowest BCUT2D eigenvalue weighted by Crippen LogP contribution is -2.44. The van der Waals surface area contributed by atoms with Crippen LogP contribution in [0.4, 0.5) is 0 Å². The number of hydrogen-bond acceptors (Lipinski definition) is 6. The van der Waals surface area contributed by atoms with Gasteiger partial charge in [-0.25, -0.2) is 9.97 Å². The summed E-state index contributed by atoms with van der Waals surface area (Å²) in [6.45, 7) is 6.35. The summed E-state index contributed by atoms with van der Waals surface area (Å²) in [5.74, 6) is 1.88. The quantitative estimate of drug-likeness (QED) is 0.788. The molecule has 2 saturated heterocycles. The lowest BCUT2D eigenvalue weighted by molar-refractivity contribution is -0.134. The van der Waals surface area contributed by atoms with Crippen LogP contribution in [0.25, 0.3) is 5.82 Å². The topological polar surface area (TPSA) is 76.4 Å². The second kappa shape index (κ2) is 8.14. The van der Waals surface area contributed by atoms with Gasteiger partial charge in [-0.15, -0.1) is 0 Å². The molecule has 0 N–H and O–H groups in total. The van der Waals surface area contributed by atoms with E-state index in [0.29, 0.717) is 19.8 Å². The van der Waals surface area contributed by atoms with Gasteiger partial charge in [-0.1, -0.05) is 6.92 Å². The van der Waals surface area contributed by atoms with Gasteiger partial charge in [-0.05, 0) is 12.8 Å². The molecule has 2 fully saturated rings. The van der Waals surface area contributed by atoms with E-state index >= 15 is 0 Å². The van der Waals surface area contributed by atoms with E-state index in [1.165, 1.54) is 0 Å². The molecule has 0 saturated carbocycles. The van der Waals surface area contributed by atoms with Crippen LogP contribution < -0.4 is 0 Å². The third-order valence-corrected chi connectivity index (χ3v) is 5.30. The smallest absolute Gasteiger partial charge is 0.237 e. The standard InChI is InChI=1S/C19H26N6O2/c1-2-17-21-5-7-25(17)18-13-20-12-15(22-18)16-4-3-6-24(16)19(26)14-23-8-10-27-11-9-23/h5,7,12-13,16H,2-4,6,8-11,14H2,1H3/t16-/m0/s1. The molecule has 0 aromatic carbocycles. The molecule has 2 aromatic rings. The molecule has 2 aliphatic heterocycles. The molecule has 8 nitrogen and oxygen atoms in total. The SMILES string of the molecule is CCc1nccn1-c1cncc([C@@H]2CCCN2C(=O)CN2CCOCC2)n1. The Hall–Kier alpha value is -2.32. The molecule has 4 rings (SSSR count). The van der Waals surface area contributed by atoms with Crippen LogP contribution in [0.3, 0.4) is 0 Å². The fraction of sp³-hybridized carbons (Fsp3) is 0.579. The zero-order chi connectivity index (χ0) is 18.6. The Morgan fingerprint density at radius 2 is 2.11 bits per heavy atom. The van der Waals surface area contributed by atoms with Gasteiger partial charge in [0.2, 0.25) is 5.91 Å². The maximum Gasteiger partial charge on any atom is 0.237 e. The Morgan fingerprint density at radius 1 is 1.26 bits per heavy atom. The number of nitrogens with zero attached hydrogens (tertiary/aromatic N) is 6. The number of amides is 1. The molecule has 4 heterocycles. The van der Waals surface area contributed by atoms with E-state index < -0.39 is 0 Å². The molecule has 0 unspecified atom stereocenters. The monoisotopic (exact) mass is 370 g/mol. The summed E-state index contributed by atoms with van der Waals surface area (Å²) in [7, 11) is 0. The van der Waals surface area contributed by atoms with Gasteiger partial charge in [-0.3, -0.25) is 19.2 Å². The Balaban J connectivity index is 1.51. The number of imidazole rings is 1. The van der Waals surface area contributed by atoms with Gasteiger partial charge in [0, 0.05) is 38.4 Å². The normalized spacial score (nSPS) is 20.9. The molecule has 0 spiro atoms. The molecule has 1 amide bonds. The highest BCUT2D eigenvalue weighted by atomic mass is 16.5. The van der Waals surface area contributed by atoms with Gasteiger partial charge in [0.05, 0.1) is 43.9 Å². The van der Waals surface area contributed by atoms with E-state index in [1.54, 1.807) is 18.6 Å². The molecule has 144 valence electrons. The zero-order valence-corrected chi connectivity index (χ0v) is 15.8. The predicted octanol–water partition coefficient (Wildman–Crippen LogP) is 1.22. The lowest BCUT2D eigenvalue weighted by atomic mass is 10.1. The molecular formula is C19H26N6O2. The van der Waals surface area contributed by atoms with Gasteiger partial charge in [0.25, 0.3) is 0 Å². The van der Waals surface area contributed by atoms with Crippen molar-refractivity contribution in [1.29, 1.82) is 0 Å². The second-order valence-electron chi connectivity index (χ2n) is 7.00. The van der Waals surface area contributed by atoms with Crippen LogP contribution >= 0.6 is 0 Å². The van der Waals surface area contributed by atoms with E-state index in [2.05, 4.69) is 21.8 Å². The summed E-state index contributed by atoms with van der Waals surface area (Å²) in [4.78, 5) is 30.6. The van der Waals surface area contributed by atoms with Gasteiger partial charge in [0.1, 0.15) is 5.82 Å². The van der Waals surface area contributed by atoms with Crippen molar-refractivity contribution in [1.82, 2.24) is 29.3 Å². The molecule has 1 atom stereocenters. The molecule has 0 bridgehead atoms. The first-order valence-electron chi connectivity index (χ1n) is 9.70. The van der Waals surface area contributed by atoms with Gasteiger partial charge >= 0.3 is 0 Å². The number of aromatic nitrogens is 4. The predicted molar refractivity (Wildman–Crippen MR) is 99.5 cm³/mol. The summed E-state index contributed by atoms with van der Waals surface area (Å²) in [6, 6.07) is -0.000381. The van der Waals surface area contributed by atoms with E-state index in [0.717, 1.165) is 56.2 Å². The number of rotatable bonds is 5. The third-order valence-electron chi connectivity index (χ3n) is 5.30. The molecule has 27 heavy (non-hydrogen) atoms. The van der Waals surface area contributed by atoms with Crippen LogP contribution in [-0.2, 0) is 16.0 Å². The van der Waals surface area contributed by atoms with Crippen molar-refractivity contribution in [2.24, 2.45) is 0 Å². The van der Waals surface area contributed by atoms with E-state index in [-0.39, 0.29) is 11.9 Å². The summed E-state index contributed by atoms with van der Waals surface area (Å²) in [5, 5.41) is 0. The molecule has 0 aliphatic carbocycles. The highest BCUT2D eigenvalue weighted by Crippen LogP contribution is 2.31. The Morgan fingerprint density at radius 3 is 2.93 bits per heavy atom. The zero-order valence-electron chi connectivity index (χ0n) is 15.8. The molecule has 2 aromatic heterocycles. The molecule has 0 radical (unpaired) electrons. The van der Waals surface area contributed by atoms with Crippen LogP contribution in [0.1, 0.15) is 37.3 Å². The Labute approximate surface area is 159 Å². The Bertz CT molecular complexity index is 786. The first-order valence-corrected chi connectivity index (χ1v) is 9.70. The second-order valence-corrected chi connectivity index (χ2v) is 7.00. The minimum Gasteiger partial charge on any atom is -0.379 e. The Kier molecular flexibility index (Phi) is 5.45. The molecule has 2 aliphatic rings. The van der Waals surface area contributed by atoms with Gasteiger partial charge < -0.3 is 9.64 Å². The van der Waals surface area contributed by atoms with Crippen molar-refractivity contribution in [3.63, 3.8) is 0 Å². The average molecular weight is 370 g/mol. The number of carbonyl (C=O) groups excluding carboxylic acids is 1. The maximum absolute atomic E-state index is 12.9. The van der Waals surface area contributed by atoms with E-state index in [1.807, 2.05) is 15.7 Å². The number of morpholine rings is 1. The van der Waals surface area contributed by atoms with Gasteiger partial charge in [0.15, 0.2) is 5.82 Å². The first-order chi connectivity index (χ1) is 13.3. The van der Waals surface area contributed by atoms with Crippen LogP contribution in [0.15, 0.2) is 24.8 Å². The summed E-state index contributed by atoms with van der Waals surface area (Å²) >= 11 is 0. The summed E-state index contributed by atoms with van der Waals surface area (Å²) in [6.07, 6.45) is 9.97. The minimum absolute atomic E-state index is 0.000381. The third kappa shape index (κ3) is 3.86. The fourth-order valence-electron chi connectivity index (χ4n) is 3.87. The maximum atomic E-state index is 12.9. The highest BCUT2D eigenvalue weighted by molar-refractivity contribution is 5.79. The van der Waals surface area contributed by atoms with Crippen LogP contribution in [0.2, 0.25) is 0 Å². The summed E-state index contributed by atoms with van der Waals surface area (Å²) < 4.78 is 7.34. The van der Waals surface area contributed by atoms with Crippen LogP contribution in [-0.4, -0.2) is 74.6 Å². The average Bonchev–Trinajstić information content (AvgIpc) is 3.38. The summed E-state index contributed by atoms with van der Waals surface area (Å²) in [5.41, 5.74) is 0.857. The van der Waals surface area contributed by atoms with Crippen molar-refractivity contribution in [2.75, 3.05) is 39.4 Å².